The molecule has 0 radical (unpaired) electrons. The lowest BCUT2D eigenvalue weighted by Gasteiger charge is -2.09. The van der Waals surface area contributed by atoms with Crippen molar-refractivity contribution in [3.8, 4) is 11.1 Å². The fourth-order valence-corrected chi connectivity index (χ4v) is 1.85. The quantitative estimate of drug-likeness (QED) is 0.922. The zero-order valence-electron chi connectivity index (χ0n) is 9.65. The second-order valence-corrected chi connectivity index (χ2v) is 4.16. The number of carboxylic acids is 1. The molecule has 1 heterocycles. The lowest BCUT2D eigenvalue weighted by atomic mass is 10.0. The van der Waals surface area contributed by atoms with Gasteiger partial charge < -0.3 is 5.11 Å². The third-order valence-corrected chi connectivity index (χ3v) is 2.81. The van der Waals surface area contributed by atoms with Gasteiger partial charge in [0.25, 0.3) is 0 Å². The van der Waals surface area contributed by atoms with E-state index in [2.05, 4.69) is 10.2 Å². The molecule has 0 aliphatic carbocycles. The molecular weight excluding hydrogens is 297 g/mol. The molecule has 1 N–H and O–H groups in total. The van der Waals surface area contributed by atoms with Gasteiger partial charge in [-0.05, 0) is 17.7 Å². The number of aromatic nitrogens is 2. The molecule has 20 heavy (non-hydrogen) atoms. The Bertz CT molecular complexity index is 657. The summed E-state index contributed by atoms with van der Waals surface area (Å²) in [6.07, 6.45) is -3.32. The lowest BCUT2D eigenvalue weighted by Crippen LogP contribution is -2.05. The van der Waals surface area contributed by atoms with E-state index >= 15 is 0 Å². The second kappa shape index (κ2) is 5.09. The lowest BCUT2D eigenvalue weighted by molar-refractivity contribution is -0.137. The molecule has 0 fully saturated rings. The Morgan fingerprint density at radius 2 is 1.80 bits per heavy atom. The maximum atomic E-state index is 12.5. The molecule has 0 aliphatic rings. The van der Waals surface area contributed by atoms with E-state index in [1.54, 1.807) is 0 Å². The van der Waals surface area contributed by atoms with Crippen LogP contribution in [-0.4, -0.2) is 21.3 Å². The molecule has 0 saturated carbocycles. The largest absolute Gasteiger partial charge is 0.478 e. The first-order valence-corrected chi connectivity index (χ1v) is 5.60. The number of halogens is 4. The van der Waals surface area contributed by atoms with Gasteiger partial charge in [-0.25, -0.2) is 4.79 Å². The predicted molar refractivity (Wildman–Crippen MR) is 64.4 cm³/mol. The van der Waals surface area contributed by atoms with Crippen molar-refractivity contribution in [1.29, 1.82) is 0 Å². The highest BCUT2D eigenvalue weighted by atomic mass is 35.5. The fourth-order valence-electron chi connectivity index (χ4n) is 1.62. The van der Waals surface area contributed by atoms with E-state index in [0.717, 1.165) is 30.5 Å². The van der Waals surface area contributed by atoms with Crippen LogP contribution in [0.5, 0.6) is 0 Å². The van der Waals surface area contributed by atoms with Crippen molar-refractivity contribution in [2.24, 2.45) is 0 Å². The van der Waals surface area contributed by atoms with E-state index in [4.69, 9.17) is 16.7 Å². The molecule has 0 spiro atoms. The minimum atomic E-state index is -4.46. The zero-order chi connectivity index (χ0) is 14.9. The number of rotatable bonds is 2. The van der Waals surface area contributed by atoms with Crippen LogP contribution in [0.4, 0.5) is 13.2 Å². The van der Waals surface area contributed by atoms with E-state index in [9.17, 15) is 18.0 Å². The molecule has 0 aliphatic heterocycles. The number of nitrogens with zero attached hydrogens (tertiary/aromatic N) is 2. The van der Waals surface area contributed by atoms with Crippen LogP contribution in [0.2, 0.25) is 5.15 Å². The standard InChI is InChI=1S/C12H6ClF3N2O2/c13-10-9(11(19)20)8(5-17-18-10)6-1-3-7(4-2-6)12(14,15)16/h1-5H,(H,19,20). The average molecular weight is 303 g/mol. The predicted octanol–water partition coefficient (Wildman–Crippen LogP) is 3.51. The Balaban J connectivity index is 2.53. The maximum Gasteiger partial charge on any atom is 0.416 e. The van der Waals surface area contributed by atoms with E-state index in [-0.39, 0.29) is 21.8 Å². The van der Waals surface area contributed by atoms with Crippen molar-refractivity contribution < 1.29 is 23.1 Å². The van der Waals surface area contributed by atoms with Gasteiger partial charge in [-0.15, -0.1) is 5.10 Å². The van der Waals surface area contributed by atoms with Crippen LogP contribution in [0.15, 0.2) is 30.5 Å². The van der Waals surface area contributed by atoms with Gasteiger partial charge in [0.05, 0.1) is 11.8 Å². The van der Waals surface area contributed by atoms with Crippen LogP contribution in [-0.2, 0) is 6.18 Å². The molecule has 104 valence electrons. The first-order valence-electron chi connectivity index (χ1n) is 5.23. The molecule has 2 rings (SSSR count). The molecular formula is C12H6ClF3N2O2. The molecule has 0 amide bonds. The number of alkyl halides is 3. The average Bonchev–Trinajstić information content (AvgIpc) is 2.37. The number of aromatic carboxylic acids is 1. The Labute approximate surface area is 115 Å². The van der Waals surface area contributed by atoms with Gasteiger partial charge in [0.15, 0.2) is 5.15 Å². The van der Waals surface area contributed by atoms with Crippen molar-refractivity contribution in [2.45, 2.75) is 6.18 Å². The molecule has 2 aromatic rings. The van der Waals surface area contributed by atoms with Crippen molar-refractivity contribution in [1.82, 2.24) is 10.2 Å². The van der Waals surface area contributed by atoms with Gasteiger partial charge in [0, 0.05) is 5.56 Å². The Morgan fingerprint density at radius 1 is 1.20 bits per heavy atom. The molecule has 0 saturated heterocycles. The summed E-state index contributed by atoms with van der Waals surface area (Å²) in [5.41, 5.74) is -0.772. The monoisotopic (exact) mass is 302 g/mol. The summed E-state index contributed by atoms with van der Waals surface area (Å²) < 4.78 is 37.4. The third kappa shape index (κ3) is 2.72. The third-order valence-electron chi connectivity index (χ3n) is 2.55. The van der Waals surface area contributed by atoms with E-state index in [1.807, 2.05) is 0 Å². The van der Waals surface area contributed by atoms with Gasteiger partial charge in [-0.1, -0.05) is 23.7 Å². The SMILES string of the molecule is O=C(O)c1c(-c2ccc(C(F)(F)F)cc2)cnnc1Cl. The number of hydrogen-bond donors (Lipinski definition) is 1. The molecule has 0 unspecified atom stereocenters. The number of benzene rings is 1. The summed E-state index contributed by atoms with van der Waals surface area (Å²) in [5.74, 6) is -1.33. The zero-order valence-corrected chi connectivity index (χ0v) is 10.4. The molecule has 0 atom stereocenters. The van der Waals surface area contributed by atoms with Gasteiger partial charge in [-0.3, -0.25) is 0 Å². The topological polar surface area (TPSA) is 63.1 Å². The van der Waals surface area contributed by atoms with Crippen LogP contribution < -0.4 is 0 Å². The summed E-state index contributed by atoms with van der Waals surface area (Å²) in [5, 5.41) is 15.6. The van der Waals surface area contributed by atoms with Crippen molar-refractivity contribution >= 4 is 17.6 Å². The highest BCUT2D eigenvalue weighted by molar-refractivity contribution is 6.33. The van der Waals surface area contributed by atoms with Crippen molar-refractivity contribution in [3.05, 3.63) is 46.7 Å². The fraction of sp³-hybridized carbons (Fsp3) is 0.0833. The summed E-state index contributed by atoms with van der Waals surface area (Å²) in [6.45, 7) is 0. The summed E-state index contributed by atoms with van der Waals surface area (Å²) >= 11 is 5.64. The Morgan fingerprint density at radius 3 is 2.30 bits per heavy atom. The summed E-state index contributed by atoms with van der Waals surface area (Å²) in [4.78, 5) is 11.1. The first kappa shape index (κ1) is 14.3. The molecule has 0 bridgehead atoms. The van der Waals surface area contributed by atoms with Crippen molar-refractivity contribution in [2.75, 3.05) is 0 Å². The van der Waals surface area contributed by atoms with Crippen LogP contribution in [0.25, 0.3) is 11.1 Å². The van der Waals surface area contributed by atoms with Gasteiger partial charge in [0.1, 0.15) is 5.56 Å². The summed E-state index contributed by atoms with van der Waals surface area (Å²) in [6, 6.07) is 4.02. The van der Waals surface area contributed by atoms with Gasteiger partial charge >= 0.3 is 12.1 Å². The van der Waals surface area contributed by atoms with Crippen LogP contribution in [0.3, 0.4) is 0 Å². The molecule has 4 nitrogen and oxygen atoms in total. The van der Waals surface area contributed by atoms with Crippen LogP contribution >= 0.6 is 11.6 Å². The number of carbonyl (C=O) groups is 1. The van der Waals surface area contributed by atoms with Crippen molar-refractivity contribution in [3.63, 3.8) is 0 Å². The first-order chi connectivity index (χ1) is 9.30. The molecule has 1 aromatic carbocycles. The molecule has 8 heteroatoms. The minimum absolute atomic E-state index is 0.103. The van der Waals surface area contributed by atoms with Crippen LogP contribution in [0.1, 0.15) is 15.9 Å². The van der Waals surface area contributed by atoms with E-state index in [1.165, 1.54) is 0 Å². The van der Waals surface area contributed by atoms with Crippen LogP contribution in [0, 0.1) is 0 Å². The Hall–Kier alpha value is -2.15. The second-order valence-electron chi connectivity index (χ2n) is 3.80. The number of hydrogen-bond acceptors (Lipinski definition) is 3. The highest BCUT2D eigenvalue weighted by Gasteiger charge is 2.30. The van der Waals surface area contributed by atoms with E-state index < -0.39 is 17.7 Å². The molecule has 1 aromatic heterocycles. The van der Waals surface area contributed by atoms with Gasteiger partial charge in [0.2, 0.25) is 0 Å². The smallest absolute Gasteiger partial charge is 0.416 e. The summed E-state index contributed by atoms with van der Waals surface area (Å²) in [7, 11) is 0. The van der Waals surface area contributed by atoms with Gasteiger partial charge in [-0.2, -0.15) is 18.3 Å². The minimum Gasteiger partial charge on any atom is -0.478 e. The maximum absolute atomic E-state index is 12.5. The Kier molecular flexibility index (Phi) is 3.63. The normalized spacial score (nSPS) is 11.4. The van der Waals surface area contributed by atoms with E-state index in [0.29, 0.717) is 0 Å². The highest BCUT2D eigenvalue weighted by Crippen LogP contribution is 2.32. The number of carboxylic acid groups (broad SMARTS) is 1.